The number of hydrogen-bond acceptors (Lipinski definition) is 3. The summed E-state index contributed by atoms with van der Waals surface area (Å²) in [5.41, 5.74) is 0.296. The summed E-state index contributed by atoms with van der Waals surface area (Å²) in [6.45, 7) is 2.76. The largest absolute Gasteiger partial charge is 0.481 e. The standard InChI is InChI=1S/C16H20BrNO4/c1-11(10-14(19)20)18-15(21)16(6-8-22-9-7-16)12-2-4-13(17)5-3-12/h2-5,11H,6-10H2,1H3,(H,18,21)(H,19,20). The number of carboxylic acids is 1. The van der Waals surface area contributed by atoms with Crippen molar-refractivity contribution in [3.8, 4) is 0 Å². The molecule has 0 saturated carbocycles. The van der Waals surface area contributed by atoms with Gasteiger partial charge >= 0.3 is 5.97 Å². The summed E-state index contributed by atoms with van der Waals surface area (Å²) in [7, 11) is 0. The van der Waals surface area contributed by atoms with E-state index in [-0.39, 0.29) is 12.3 Å². The Morgan fingerprint density at radius 1 is 1.32 bits per heavy atom. The number of halogens is 1. The number of carboxylic acid groups (broad SMARTS) is 1. The first kappa shape index (κ1) is 17.0. The van der Waals surface area contributed by atoms with Gasteiger partial charge in [-0.1, -0.05) is 28.1 Å². The molecule has 0 radical (unpaired) electrons. The smallest absolute Gasteiger partial charge is 0.305 e. The van der Waals surface area contributed by atoms with E-state index in [1.54, 1.807) is 6.92 Å². The molecule has 22 heavy (non-hydrogen) atoms. The number of amides is 1. The minimum absolute atomic E-state index is 0.0847. The first-order valence-electron chi connectivity index (χ1n) is 7.30. The lowest BCUT2D eigenvalue weighted by atomic mass is 9.73. The van der Waals surface area contributed by atoms with E-state index in [0.717, 1.165) is 10.0 Å². The molecule has 1 aromatic rings. The van der Waals surface area contributed by atoms with Gasteiger partial charge in [-0.15, -0.1) is 0 Å². The first-order chi connectivity index (χ1) is 10.4. The summed E-state index contributed by atoms with van der Waals surface area (Å²) < 4.78 is 6.36. The van der Waals surface area contributed by atoms with Gasteiger partial charge in [0.15, 0.2) is 0 Å². The summed E-state index contributed by atoms with van der Waals surface area (Å²) in [5, 5.41) is 11.7. The molecule has 2 N–H and O–H groups in total. The summed E-state index contributed by atoms with van der Waals surface area (Å²) in [4.78, 5) is 23.6. The van der Waals surface area contributed by atoms with Crippen LogP contribution in [0.3, 0.4) is 0 Å². The molecule has 0 spiro atoms. The zero-order chi connectivity index (χ0) is 16.2. The van der Waals surface area contributed by atoms with Gasteiger partial charge < -0.3 is 15.2 Å². The maximum absolute atomic E-state index is 12.8. The van der Waals surface area contributed by atoms with Crippen molar-refractivity contribution in [2.45, 2.75) is 37.6 Å². The number of carbonyl (C=O) groups is 2. The highest BCUT2D eigenvalue weighted by molar-refractivity contribution is 9.10. The molecule has 1 aliphatic rings. The van der Waals surface area contributed by atoms with Gasteiger partial charge in [0.25, 0.3) is 0 Å². The number of rotatable bonds is 5. The molecule has 5 nitrogen and oxygen atoms in total. The van der Waals surface area contributed by atoms with Crippen LogP contribution < -0.4 is 5.32 Å². The van der Waals surface area contributed by atoms with E-state index in [9.17, 15) is 9.59 Å². The minimum Gasteiger partial charge on any atom is -0.481 e. The molecule has 0 aliphatic carbocycles. The van der Waals surface area contributed by atoms with Gasteiger partial charge in [-0.25, -0.2) is 0 Å². The van der Waals surface area contributed by atoms with Crippen molar-refractivity contribution in [3.63, 3.8) is 0 Å². The van der Waals surface area contributed by atoms with Gasteiger partial charge in [-0.05, 0) is 37.5 Å². The minimum atomic E-state index is -0.919. The number of aliphatic carboxylic acids is 1. The fraction of sp³-hybridized carbons (Fsp3) is 0.500. The topological polar surface area (TPSA) is 75.6 Å². The van der Waals surface area contributed by atoms with Crippen LogP contribution in [0.5, 0.6) is 0 Å². The molecule has 1 aliphatic heterocycles. The van der Waals surface area contributed by atoms with E-state index >= 15 is 0 Å². The molecule has 1 saturated heterocycles. The van der Waals surface area contributed by atoms with E-state index in [2.05, 4.69) is 21.2 Å². The molecule has 120 valence electrons. The fourth-order valence-electron chi connectivity index (χ4n) is 2.81. The van der Waals surface area contributed by atoms with Crippen molar-refractivity contribution in [2.75, 3.05) is 13.2 Å². The molecular weight excluding hydrogens is 350 g/mol. The van der Waals surface area contributed by atoms with Crippen LogP contribution in [0.1, 0.15) is 31.7 Å². The van der Waals surface area contributed by atoms with E-state index in [1.807, 2.05) is 24.3 Å². The molecule has 1 atom stereocenters. The van der Waals surface area contributed by atoms with Crippen molar-refractivity contribution in [1.82, 2.24) is 5.32 Å². The normalized spacial score (nSPS) is 18.5. The lowest BCUT2D eigenvalue weighted by Crippen LogP contribution is -2.50. The summed E-state index contributed by atoms with van der Waals surface area (Å²) in [6, 6.07) is 7.31. The van der Waals surface area contributed by atoms with Gasteiger partial charge in [0.2, 0.25) is 5.91 Å². The van der Waals surface area contributed by atoms with Gasteiger partial charge in [0, 0.05) is 23.7 Å². The third-order valence-electron chi connectivity index (χ3n) is 4.04. The second-order valence-corrected chi connectivity index (χ2v) is 6.59. The van der Waals surface area contributed by atoms with E-state index in [4.69, 9.17) is 9.84 Å². The van der Waals surface area contributed by atoms with E-state index in [1.165, 1.54) is 0 Å². The predicted molar refractivity (Wildman–Crippen MR) is 85.7 cm³/mol. The van der Waals surface area contributed by atoms with Crippen LogP contribution in [-0.2, 0) is 19.7 Å². The van der Waals surface area contributed by atoms with Gasteiger partial charge in [0.1, 0.15) is 0 Å². The number of carbonyl (C=O) groups excluding carboxylic acids is 1. The zero-order valence-corrected chi connectivity index (χ0v) is 14.1. The lowest BCUT2D eigenvalue weighted by Gasteiger charge is -2.37. The molecule has 1 heterocycles. The van der Waals surface area contributed by atoms with Crippen LogP contribution in [-0.4, -0.2) is 36.2 Å². The third-order valence-corrected chi connectivity index (χ3v) is 4.56. The Kier molecular flexibility index (Phi) is 5.58. The maximum Gasteiger partial charge on any atom is 0.305 e. The Labute approximate surface area is 138 Å². The van der Waals surface area contributed by atoms with Crippen molar-refractivity contribution >= 4 is 27.8 Å². The first-order valence-corrected chi connectivity index (χ1v) is 8.10. The second kappa shape index (κ2) is 7.24. The number of ether oxygens (including phenoxy) is 1. The van der Waals surface area contributed by atoms with Crippen LogP contribution in [0, 0.1) is 0 Å². The second-order valence-electron chi connectivity index (χ2n) is 5.67. The Balaban J connectivity index is 2.23. The highest BCUT2D eigenvalue weighted by Crippen LogP contribution is 2.36. The molecule has 1 amide bonds. The molecular formula is C16H20BrNO4. The Morgan fingerprint density at radius 3 is 2.45 bits per heavy atom. The number of nitrogens with one attached hydrogen (secondary N) is 1. The molecule has 1 fully saturated rings. The summed E-state index contributed by atoms with van der Waals surface area (Å²) in [5.74, 6) is -1.04. The van der Waals surface area contributed by atoms with Crippen LogP contribution in [0.15, 0.2) is 28.7 Å². The molecule has 0 bridgehead atoms. The van der Waals surface area contributed by atoms with Gasteiger partial charge in [0.05, 0.1) is 11.8 Å². The Hall–Kier alpha value is -1.40. The van der Waals surface area contributed by atoms with E-state index < -0.39 is 17.4 Å². The molecule has 1 unspecified atom stereocenters. The van der Waals surface area contributed by atoms with Crippen LogP contribution in [0.4, 0.5) is 0 Å². The summed E-state index contributed by atoms with van der Waals surface area (Å²) in [6.07, 6.45) is 1.11. The van der Waals surface area contributed by atoms with Crippen molar-refractivity contribution in [1.29, 1.82) is 0 Å². The average molecular weight is 370 g/mol. The zero-order valence-electron chi connectivity index (χ0n) is 12.5. The average Bonchev–Trinajstić information content (AvgIpc) is 2.47. The lowest BCUT2D eigenvalue weighted by molar-refractivity contribution is -0.138. The van der Waals surface area contributed by atoms with Crippen molar-refractivity contribution in [3.05, 3.63) is 34.3 Å². The summed E-state index contributed by atoms with van der Waals surface area (Å²) >= 11 is 3.40. The fourth-order valence-corrected chi connectivity index (χ4v) is 3.07. The Morgan fingerprint density at radius 2 is 1.91 bits per heavy atom. The monoisotopic (exact) mass is 369 g/mol. The van der Waals surface area contributed by atoms with Crippen LogP contribution >= 0.6 is 15.9 Å². The van der Waals surface area contributed by atoms with Crippen molar-refractivity contribution < 1.29 is 19.4 Å². The SMILES string of the molecule is CC(CC(=O)O)NC(=O)C1(c2ccc(Br)cc2)CCOCC1. The highest BCUT2D eigenvalue weighted by atomic mass is 79.9. The molecule has 2 rings (SSSR count). The van der Waals surface area contributed by atoms with Crippen LogP contribution in [0.2, 0.25) is 0 Å². The van der Waals surface area contributed by atoms with Gasteiger partial charge in [-0.3, -0.25) is 9.59 Å². The molecule has 1 aromatic carbocycles. The quantitative estimate of drug-likeness (QED) is 0.835. The van der Waals surface area contributed by atoms with Crippen molar-refractivity contribution in [2.24, 2.45) is 0 Å². The molecule has 6 heteroatoms. The Bertz CT molecular complexity index is 538. The third kappa shape index (κ3) is 3.87. The highest BCUT2D eigenvalue weighted by Gasteiger charge is 2.42. The van der Waals surface area contributed by atoms with Crippen LogP contribution in [0.25, 0.3) is 0 Å². The van der Waals surface area contributed by atoms with E-state index in [0.29, 0.717) is 26.1 Å². The predicted octanol–water partition coefficient (Wildman–Crippen LogP) is 2.48. The number of benzene rings is 1. The maximum atomic E-state index is 12.8. The molecule has 0 aromatic heterocycles. The number of hydrogen-bond donors (Lipinski definition) is 2. The van der Waals surface area contributed by atoms with Gasteiger partial charge in [-0.2, -0.15) is 0 Å².